The zero-order valence-electron chi connectivity index (χ0n) is 9.28. The lowest BCUT2D eigenvalue weighted by Crippen LogP contribution is -2.41. The third kappa shape index (κ3) is 4.28. The Morgan fingerprint density at radius 2 is 2.20 bits per heavy atom. The first kappa shape index (κ1) is 12.6. The van der Waals surface area contributed by atoms with E-state index in [0.717, 1.165) is 38.5 Å². The van der Waals surface area contributed by atoms with Crippen molar-refractivity contribution in [3.05, 3.63) is 0 Å². The standard InChI is InChI=1S/C11H22N2O2/c12-7-3-1-5-9(13)11(14)10-6-2-4-8-15-10/h9-10H,1-8,12-13H2/t9-,10?/m0/s1. The smallest absolute Gasteiger partial charge is 0.178 e. The predicted molar refractivity (Wildman–Crippen MR) is 59.5 cm³/mol. The van der Waals surface area contributed by atoms with Gasteiger partial charge >= 0.3 is 0 Å². The summed E-state index contributed by atoms with van der Waals surface area (Å²) in [6.07, 6.45) is 5.33. The molecule has 0 amide bonds. The second kappa shape index (κ2) is 6.93. The van der Waals surface area contributed by atoms with Gasteiger partial charge in [-0.05, 0) is 38.6 Å². The van der Waals surface area contributed by atoms with Gasteiger partial charge in [0.05, 0.1) is 6.04 Å². The number of ether oxygens (including phenoxy) is 1. The molecule has 1 rings (SSSR count). The van der Waals surface area contributed by atoms with Crippen molar-refractivity contribution in [1.29, 1.82) is 0 Å². The Balaban J connectivity index is 2.24. The van der Waals surface area contributed by atoms with Gasteiger partial charge in [-0.25, -0.2) is 0 Å². The number of carbonyl (C=O) groups excluding carboxylic acids is 1. The molecule has 4 nitrogen and oxygen atoms in total. The van der Waals surface area contributed by atoms with Crippen molar-refractivity contribution < 1.29 is 9.53 Å². The quantitative estimate of drug-likeness (QED) is 0.634. The van der Waals surface area contributed by atoms with Crippen LogP contribution in [-0.4, -0.2) is 31.1 Å². The average Bonchev–Trinajstić information content (AvgIpc) is 2.29. The third-order valence-corrected chi connectivity index (χ3v) is 2.83. The molecule has 1 aliphatic heterocycles. The summed E-state index contributed by atoms with van der Waals surface area (Å²) in [7, 11) is 0. The minimum atomic E-state index is -0.361. The molecule has 0 bridgehead atoms. The van der Waals surface area contributed by atoms with Crippen LogP contribution in [0.1, 0.15) is 38.5 Å². The second-order valence-corrected chi connectivity index (χ2v) is 4.15. The van der Waals surface area contributed by atoms with Gasteiger partial charge in [0.1, 0.15) is 6.10 Å². The minimum Gasteiger partial charge on any atom is -0.370 e. The summed E-state index contributed by atoms with van der Waals surface area (Å²) in [5.41, 5.74) is 11.2. The molecule has 1 unspecified atom stereocenters. The van der Waals surface area contributed by atoms with E-state index in [-0.39, 0.29) is 17.9 Å². The van der Waals surface area contributed by atoms with Crippen LogP contribution in [0.25, 0.3) is 0 Å². The maximum atomic E-state index is 11.8. The van der Waals surface area contributed by atoms with Crippen LogP contribution in [0, 0.1) is 0 Å². The number of ketones is 1. The minimum absolute atomic E-state index is 0.0757. The molecule has 15 heavy (non-hydrogen) atoms. The van der Waals surface area contributed by atoms with Crippen molar-refractivity contribution >= 4 is 5.78 Å². The first-order chi connectivity index (χ1) is 7.25. The number of rotatable bonds is 6. The van der Waals surface area contributed by atoms with Crippen LogP contribution in [0.4, 0.5) is 0 Å². The predicted octanol–water partition coefficient (Wildman–Crippen LogP) is 0.581. The van der Waals surface area contributed by atoms with Crippen molar-refractivity contribution in [2.45, 2.75) is 50.7 Å². The molecule has 1 fully saturated rings. The molecule has 1 aliphatic rings. The largest absolute Gasteiger partial charge is 0.370 e. The molecule has 0 aromatic rings. The summed E-state index contributed by atoms with van der Waals surface area (Å²) < 4.78 is 5.41. The molecule has 0 aliphatic carbocycles. The first-order valence-corrected chi connectivity index (χ1v) is 5.86. The highest BCUT2D eigenvalue weighted by Crippen LogP contribution is 2.15. The molecule has 4 N–H and O–H groups in total. The van der Waals surface area contributed by atoms with Crippen LogP contribution in [0.15, 0.2) is 0 Å². The van der Waals surface area contributed by atoms with E-state index in [9.17, 15) is 4.79 Å². The second-order valence-electron chi connectivity index (χ2n) is 4.15. The van der Waals surface area contributed by atoms with Gasteiger partial charge in [-0.3, -0.25) is 4.79 Å². The van der Waals surface area contributed by atoms with Crippen LogP contribution < -0.4 is 11.5 Å². The summed E-state index contributed by atoms with van der Waals surface area (Å²) >= 11 is 0. The van der Waals surface area contributed by atoms with Gasteiger partial charge in [0, 0.05) is 6.61 Å². The van der Waals surface area contributed by atoms with Crippen LogP contribution >= 0.6 is 0 Å². The Kier molecular flexibility index (Phi) is 5.83. The molecule has 0 spiro atoms. The number of nitrogens with two attached hydrogens (primary N) is 2. The topological polar surface area (TPSA) is 78.3 Å². The van der Waals surface area contributed by atoms with E-state index in [2.05, 4.69) is 0 Å². The summed E-state index contributed by atoms with van der Waals surface area (Å²) in [5, 5.41) is 0. The van der Waals surface area contributed by atoms with Crippen LogP contribution in [-0.2, 0) is 9.53 Å². The van der Waals surface area contributed by atoms with Gasteiger partial charge in [-0.15, -0.1) is 0 Å². The summed E-state index contributed by atoms with van der Waals surface area (Å²) in [5.74, 6) is 0.0757. The lowest BCUT2D eigenvalue weighted by molar-refractivity contribution is -0.134. The SMILES string of the molecule is NCCCC[C@H](N)C(=O)C1CCCCO1. The van der Waals surface area contributed by atoms with E-state index in [0.29, 0.717) is 13.2 Å². The van der Waals surface area contributed by atoms with E-state index in [1.54, 1.807) is 0 Å². The summed E-state index contributed by atoms with van der Waals surface area (Å²) in [6.45, 7) is 1.37. The number of hydrogen-bond donors (Lipinski definition) is 2. The fraction of sp³-hybridized carbons (Fsp3) is 0.909. The van der Waals surface area contributed by atoms with Crippen molar-refractivity contribution in [3.8, 4) is 0 Å². The molecular weight excluding hydrogens is 192 g/mol. The maximum Gasteiger partial charge on any atom is 0.178 e. The van der Waals surface area contributed by atoms with E-state index >= 15 is 0 Å². The van der Waals surface area contributed by atoms with Crippen molar-refractivity contribution in [1.82, 2.24) is 0 Å². The maximum absolute atomic E-state index is 11.8. The number of carbonyl (C=O) groups is 1. The number of hydrogen-bond acceptors (Lipinski definition) is 4. The van der Waals surface area contributed by atoms with E-state index in [4.69, 9.17) is 16.2 Å². The fourth-order valence-corrected chi connectivity index (χ4v) is 1.85. The van der Waals surface area contributed by atoms with E-state index < -0.39 is 0 Å². The van der Waals surface area contributed by atoms with E-state index in [1.807, 2.05) is 0 Å². The van der Waals surface area contributed by atoms with Crippen LogP contribution in [0.5, 0.6) is 0 Å². The van der Waals surface area contributed by atoms with Crippen molar-refractivity contribution in [2.24, 2.45) is 11.5 Å². The van der Waals surface area contributed by atoms with Crippen LogP contribution in [0.2, 0.25) is 0 Å². The average molecular weight is 214 g/mol. The van der Waals surface area contributed by atoms with Gasteiger partial charge in [0.2, 0.25) is 0 Å². The monoisotopic (exact) mass is 214 g/mol. The highest BCUT2D eigenvalue weighted by molar-refractivity contribution is 5.88. The Morgan fingerprint density at radius 1 is 1.40 bits per heavy atom. The molecule has 2 atom stereocenters. The van der Waals surface area contributed by atoms with Crippen molar-refractivity contribution in [3.63, 3.8) is 0 Å². The van der Waals surface area contributed by atoms with Gasteiger partial charge < -0.3 is 16.2 Å². The molecule has 1 saturated heterocycles. The summed E-state index contributed by atoms with van der Waals surface area (Å²) in [4.78, 5) is 11.8. The Bertz CT molecular complexity index is 191. The molecule has 4 heteroatoms. The Hall–Kier alpha value is -0.450. The molecule has 0 saturated carbocycles. The molecule has 0 aromatic heterocycles. The zero-order chi connectivity index (χ0) is 11.1. The molecule has 0 aromatic carbocycles. The zero-order valence-corrected chi connectivity index (χ0v) is 9.28. The summed E-state index contributed by atoms with van der Waals surface area (Å²) in [6, 6.07) is -0.361. The first-order valence-electron chi connectivity index (χ1n) is 5.86. The molecule has 0 radical (unpaired) electrons. The fourth-order valence-electron chi connectivity index (χ4n) is 1.85. The van der Waals surface area contributed by atoms with Gasteiger partial charge in [0.15, 0.2) is 5.78 Å². The number of Topliss-reactive ketones (excluding diaryl/α,β-unsaturated/α-hetero) is 1. The Labute approximate surface area is 91.3 Å². The van der Waals surface area contributed by atoms with Crippen LogP contribution in [0.3, 0.4) is 0 Å². The highest BCUT2D eigenvalue weighted by Gasteiger charge is 2.26. The van der Waals surface area contributed by atoms with Gasteiger partial charge in [-0.1, -0.05) is 6.42 Å². The molecular formula is C11H22N2O2. The van der Waals surface area contributed by atoms with Crippen molar-refractivity contribution in [2.75, 3.05) is 13.2 Å². The van der Waals surface area contributed by atoms with E-state index in [1.165, 1.54) is 0 Å². The Morgan fingerprint density at radius 3 is 2.80 bits per heavy atom. The normalized spacial score (nSPS) is 23.7. The third-order valence-electron chi connectivity index (χ3n) is 2.83. The molecule has 88 valence electrons. The highest BCUT2D eigenvalue weighted by atomic mass is 16.5. The molecule has 1 heterocycles. The lowest BCUT2D eigenvalue weighted by Gasteiger charge is -2.23. The lowest BCUT2D eigenvalue weighted by atomic mass is 9.97. The van der Waals surface area contributed by atoms with Gasteiger partial charge in [0.25, 0.3) is 0 Å². The van der Waals surface area contributed by atoms with Gasteiger partial charge in [-0.2, -0.15) is 0 Å². The number of unbranched alkanes of at least 4 members (excludes halogenated alkanes) is 1.